The van der Waals surface area contributed by atoms with Crippen molar-refractivity contribution in [3.63, 3.8) is 0 Å². The van der Waals surface area contributed by atoms with Crippen LogP contribution in [0.25, 0.3) is 0 Å². The van der Waals surface area contributed by atoms with Crippen molar-refractivity contribution in [3.05, 3.63) is 53.7 Å². The molecular formula is C16H22N2O. The van der Waals surface area contributed by atoms with Crippen molar-refractivity contribution in [3.8, 4) is 0 Å². The van der Waals surface area contributed by atoms with Crippen LogP contribution in [-0.2, 0) is 13.0 Å². The van der Waals surface area contributed by atoms with Crippen LogP contribution in [0.15, 0.2) is 40.9 Å². The zero-order valence-electron chi connectivity index (χ0n) is 11.7. The molecule has 0 amide bonds. The summed E-state index contributed by atoms with van der Waals surface area (Å²) in [6.45, 7) is 4.96. The Bertz CT molecular complexity index is 479. The molecule has 1 N–H and O–H groups in total. The molecule has 2 aromatic rings. The number of nitrogens with one attached hydrogen (secondary N) is 1. The molecule has 1 aromatic carbocycles. The van der Waals surface area contributed by atoms with E-state index in [1.54, 1.807) is 0 Å². The van der Waals surface area contributed by atoms with Gasteiger partial charge in [0.25, 0.3) is 0 Å². The highest BCUT2D eigenvalue weighted by Crippen LogP contribution is 2.18. The Labute approximate surface area is 115 Å². The van der Waals surface area contributed by atoms with E-state index in [1.165, 1.54) is 5.56 Å². The van der Waals surface area contributed by atoms with E-state index < -0.39 is 0 Å². The Kier molecular flexibility index (Phi) is 5.16. The average Bonchev–Trinajstić information content (AvgIpc) is 2.92. The number of aryl methyl sites for hydroxylation is 1. The molecule has 0 aliphatic rings. The van der Waals surface area contributed by atoms with Gasteiger partial charge in [0, 0.05) is 12.5 Å². The van der Waals surface area contributed by atoms with Gasteiger partial charge in [-0.3, -0.25) is 0 Å². The molecule has 2 rings (SSSR count). The fourth-order valence-electron chi connectivity index (χ4n) is 2.16. The van der Waals surface area contributed by atoms with Gasteiger partial charge < -0.3 is 9.73 Å². The second-order valence-corrected chi connectivity index (χ2v) is 4.71. The number of rotatable bonds is 7. The number of nitrogens with zero attached hydrogens (tertiary/aromatic N) is 1. The molecule has 0 fully saturated rings. The van der Waals surface area contributed by atoms with Gasteiger partial charge in [0.15, 0.2) is 0 Å². The van der Waals surface area contributed by atoms with E-state index >= 15 is 0 Å². The molecule has 1 atom stereocenters. The third kappa shape index (κ3) is 3.93. The van der Waals surface area contributed by atoms with E-state index in [9.17, 15) is 0 Å². The minimum Gasteiger partial charge on any atom is -0.444 e. The van der Waals surface area contributed by atoms with E-state index in [0.717, 1.165) is 30.9 Å². The van der Waals surface area contributed by atoms with Crippen LogP contribution >= 0.6 is 0 Å². The molecule has 0 saturated carbocycles. The maximum absolute atomic E-state index is 5.62. The fourth-order valence-corrected chi connectivity index (χ4v) is 2.16. The summed E-state index contributed by atoms with van der Waals surface area (Å²) in [6, 6.07) is 10.9. The van der Waals surface area contributed by atoms with E-state index in [-0.39, 0.29) is 0 Å². The monoisotopic (exact) mass is 258 g/mol. The molecule has 1 heterocycles. The maximum Gasteiger partial charge on any atom is 0.208 e. The molecule has 0 spiro atoms. The fraction of sp³-hybridized carbons (Fsp3) is 0.438. The zero-order valence-corrected chi connectivity index (χ0v) is 11.7. The van der Waals surface area contributed by atoms with Crippen LogP contribution in [-0.4, -0.2) is 4.98 Å². The first-order valence-corrected chi connectivity index (χ1v) is 7.05. The summed E-state index contributed by atoms with van der Waals surface area (Å²) < 4.78 is 5.62. The molecule has 19 heavy (non-hydrogen) atoms. The third-order valence-corrected chi connectivity index (χ3v) is 3.23. The van der Waals surface area contributed by atoms with E-state index in [1.807, 2.05) is 12.3 Å². The summed E-state index contributed by atoms with van der Waals surface area (Å²) in [5, 5.41) is 3.53. The predicted molar refractivity (Wildman–Crippen MR) is 76.8 cm³/mol. The topological polar surface area (TPSA) is 38.1 Å². The van der Waals surface area contributed by atoms with Gasteiger partial charge in [-0.25, -0.2) is 4.98 Å². The summed E-state index contributed by atoms with van der Waals surface area (Å²) in [7, 11) is 0. The van der Waals surface area contributed by atoms with Gasteiger partial charge in [0.2, 0.25) is 5.89 Å². The highest BCUT2D eigenvalue weighted by Gasteiger charge is 2.11. The van der Waals surface area contributed by atoms with Crippen molar-refractivity contribution in [2.24, 2.45) is 0 Å². The lowest BCUT2D eigenvalue weighted by molar-refractivity contribution is 0.407. The van der Waals surface area contributed by atoms with Gasteiger partial charge in [-0.2, -0.15) is 0 Å². The van der Waals surface area contributed by atoms with Crippen molar-refractivity contribution in [1.82, 2.24) is 10.3 Å². The Balaban J connectivity index is 1.97. The molecule has 0 saturated heterocycles. The second-order valence-electron chi connectivity index (χ2n) is 4.71. The smallest absolute Gasteiger partial charge is 0.208 e. The Hall–Kier alpha value is -1.61. The first-order valence-electron chi connectivity index (χ1n) is 7.05. The van der Waals surface area contributed by atoms with Crippen LogP contribution in [0, 0.1) is 0 Å². The molecule has 1 unspecified atom stereocenters. The lowest BCUT2D eigenvalue weighted by Crippen LogP contribution is -2.20. The summed E-state index contributed by atoms with van der Waals surface area (Å²) in [5.41, 5.74) is 1.33. The number of benzene rings is 1. The minimum absolute atomic E-state index is 0.364. The number of hydrogen-bond acceptors (Lipinski definition) is 3. The van der Waals surface area contributed by atoms with Gasteiger partial charge in [-0.1, -0.05) is 50.6 Å². The average molecular weight is 258 g/mol. The van der Waals surface area contributed by atoms with Gasteiger partial charge in [-0.15, -0.1) is 0 Å². The lowest BCUT2D eigenvalue weighted by Gasteiger charge is -2.17. The highest BCUT2D eigenvalue weighted by molar-refractivity contribution is 5.18. The Morgan fingerprint density at radius 1 is 1.21 bits per heavy atom. The molecule has 0 aliphatic carbocycles. The minimum atomic E-state index is 0.364. The summed E-state index contributed by atoms with van der Waals surface area (Å²) in [6.07, 6.45) is 4.97. The van der Waals surface area contributed by atoms with Crippen LogP contribution in [0.4, 0.5) is 0 Å². The van der Waals surface area contributed by atoms with Crippen molar-refractivity contribution < 1.29 is 4.42 Å². The van der Waals surface area contributed by atoms with Crippen molar-refractivity contribution >= 4 is 0 Å². The lowest BCUT2D eigenvalue weighted by atomic mass is 10.0. The number of oxazole rings is 1. The van der Waals surface area contributed by atoms with Crippen LogP contribution in [0.5, 0.6) is 0 Å². The Morgan fingerprint density at radius 3 is 2.63 bits per heavy atom. The largest absolute Gasteiger partial charge is 0.444 e. The molecule has 3 heteroatoms. The molecule has 1 aromatic heterocycles. The third-order valence-electron chi connectivity index (χ3n) is 3.23. The van der Waals surface area contributed by atoms with E-state index in [0.29, 0.717) is 12.6 Å². The summed E-state index contributed by atoms with van der Waals surface area (Å²) >= 11 is 0. The molecular weight excluding hydrogens is 236 g/mol. The molecule has 0 bridgehead atoms. The Morgan fingerprint density at radius 2 is 2.00 bits per heavy atom. The number of aromatic nitrogens is 1. The molecule has 0 aliphatic heterocycles. The first-order chi connectivity index (χ1) is 9.33. The van der Waals surface area contributed by atoms with E-state index in [4.69, 9.17) is 4.42 Å². The quantitative estimate of drug-likeness (QED) is 0.819. The zero-order chi connectivity index (χ0) is 13.5. The van der Waals surface area contributed by atoms with Gasteiger partial charge in [0.05, 0.1) is 12.7 Å². The standard InChI is InChI=1S/C16H22N2O/c1-3-8-15(13-9-6-5-7-10-13)17-12-16-18-11-14(4-2)19-16/h5-7,9-11,15,17H,3-4,8,12H2,1-2H3. The molecule has 0 radical (unpaired) electrons. The normalized spacial score (nSPS) is 12.5. The van der Waals surface area contributed by atoms with Crippen LogP contribution < -0.4 is 5.32 Å². The van der Waals surface area contributed by atoms with Crippen LogP contribution in [0.2, 0.25) is 0 Å². The van der Waals surface area contributed by atoms with Crippen LogP contribution in [0.3, 0.4) is 0 Å². The highest BCUT2D eigenvalue weighted by atomic mass is 16.4. The van der Waals surface area contributed by atoms with Gasteiger partial charge >= 0.3 is 0 Å². The summed E-state index contributed by atoms with van der Waals surface area (Å²) in [5.74, 6) is 1.72. The number of hydrogen-bond donors (Lipinski definition) is 1. The second kappa shape index (κ2) is 7.10. The maximum atomic E-state index is 5.62. The van der Waals surface area contributed by atoms with Gasteiger partial charge in [-0.05, 0) is 12.0 Å². The predicted octanol–water partition coefficient (Wildman–Crippen LogP) is 3.87. The van der Waals surface area contributed by atoms with Crippen molar-refractivity contribution in [1.29, 1.82) is 0 Å². The van der Waals surface area contributed by atoms with Crippen LogP contribution in [0.1, 0.15) is 49.9 Å². The molecule has 102 valence electrons. The summed E-state index contributed by atoms with van der Waals surface area (Å²) in [4.78, 5) is 4.28. The molecule has 3 nitrogen and oxygen atoms in total. The van der Waals surface area contributed by atoms with Crippen molar-refractivity contribution in [2.75, 3.05) is 0 Å². The van der Waals surface area contributed by atoms with E-state index in [2.05, 4.69) is 48.4 Å². The SMILES string of the molecule is CCCC(NCc1ncc(CC)o1)c1ccccc1. The first kappa shape index (κ1) is 13.8. The van der Waals surface area contributed by atoms with Crippen molar-refractivity contribution in [2.45, 2.75) is 45.7 Å². The van der Waals surface area contributed by atoms with Gasteiger partial charge in [0.1, 0.15) is 5.76 Å².